The number of allylic oxidation sites excluding steroid dienone is 2. The Bertz CT molecular complexity index is 639. The molecule has 3 rings (SSSR count). The lowest BCUT2D eigenvalue weighted by molar-refractivity contribution is -0.176. The van der Waals surface area contributed by atoms with Gasteiger partial charge in [0.25, 0.3) is 0 Å². The van der Waals surface area contributed by atoms with Crippen molar-refractivity contribution in [3.8, 4) is 0 Å². The zero-order valence-electron chi connectivity index (χ0n) is 18.0. The summed E-state index contributed by atoms with van der Waals surface area (Å²) >= 11 is 0. The van der Waals surface area contributed by atoms with E-state index >= 15 is 0 Å². The van der Waals surface area contributed by atoms with Crippen molar-refractivity contribution in [2.24, 2.45) is 17.8 Å². The third-order valence-electron chi connectivity index (χ3n) is 6.79. The highest BCUT2D eigenvalue weighted by Gasteiger charge is 2.43. The second-order valence-electron chi connectivity index (χ2n) is 9.28. The summed E-state index contributed by atoms with van der Waals surface area (Å²) in [5, 5.41) is 20.3. The molecule has 0 amide bonds. The van der Waals surface area contributed by atoms with Crippen LogP contribution in [0.15, 0.2) is 23.8 Å². The molecule has 0 radical (unpaired) electrons. The molecule has 0 aromatic rings. The molecule has 6 heteroatoms. The van der Waals surface area contributed by atoms with Gasteiger partial charge in [-0.2, -0.15) is 0 Å². The largest absolute Gasteiger partial charge is 0.459 e. The summed E-state index contributed by atoms with van der Waals surface area (Å²) < 4.78 is 17.0. The second kappa shape index (κ2) is 9.29. The predicted octanol–water partition coefficient (Wildman–Crippen LogP) is 2.77. The molecule has 2 N–H and O–H groups in total. The van der Waals surface area contributed by atoms with E-state index in [-0.39, 0.29) is 30.1 Å². The molecule has 6 nitrogen and oxygen atoms in total. The van der Waals surface area contributed by atoms with E-state index in [4.69, 9.17) is 14.2 Å². The number of carbonyl (C=O) groups excluding carboxylic acids is 1. The lowest BCUT2D eigenvalue weighted by Crippen LogP contribution is -2.46. The number of aliphatic hydroxyl groups is 2. The Morgan fingerprint density at radius 3 is 2.72 bits per heavy atom. The van der Waals surface area contributed by atoms with Gasteiger partial charge in [-0.15, -0.1) is 0 Å². The van der Waals surface area contributed by atoms with E-state index in [1.807, 2.05) is 6.08 Å². The predicted molar refractivity (Wildman–Crippen MR) is 109 cm³/mol. The van der Waals surface area contributed by atoms with Crippen LogP contribution >= 0.6 is 0 Å². The topological polar surface area (TPSA) is 85.2 Å². The van der Waals surface area contributed by atoms with Crippen LogP contribution < -0.4 is 0 Å². The van der Waals surface area contributed by atoms with Crippen LogP contribution in [0.5, 0.6) is 0 Å². The fourth-order valence-electron chi connectivity index (χ4n) is 4.79. The molecular weight excluding hydrogens is 372 g/mol. The SMILES string of the molecule is COC(C)(C)C(=O)O[C@H]1C[C@H](O)C=C2C=C[C@H](C)[C@H](CC[C@@H]3C[C@H](O)CCO3)[C@H]21. The van der Waals surface area contributed by atoms with E-state index in [1.165, 1.54) is 7.11 Å². The molecule has 0 saturated carbocycles. The highest BCUT2D eigenvalue weighted by Crippen LogP contribution is 2.44. The molecule has 1 saturated heterocycles. The summed E-state index contributed by atoms with van der Waals surface area (Å²) in [6, 6.07) is 0. The Hall–Kier alpha value is -1.21. The average Bonchev–Trinajstić information content (AvgIpc) is 2.67. The third-order valence-corrected chi connectivity index (χ3v) is 6.79. The molecule has 3 aliphatic rings. The standard InChI is InChI=1S/C23H36O6/c1-14-5-6-15-11-17(25)13-20(29-22(26)23(2,3)27-4)21(15)19(14)8-7-18-12-16(24)9-10-28-18/h5-6,11,14,16-21,24-25H,7-10,12-13H2,1-4H3/t14-,16+,17+,18+,19-,20-,21-/m0/s1. The molecule has 0 unspecified atom stereocenters. The smallest absolute Gasteiger partial charge is 0.338 e. The number of aliphatic hydroxyl groups excluding tert-OH is 2. The Labute approximate surface area is 173 Å². The normalized spacial score (nSPS) is 37.6. The molecular formula is C23H36O6. The lowest BCUT2D eigenvalue weighted by atomic mass is 9.66. The van der Waals surface area contributed by atoms with E-state index in [1.54, 1.807) is 13.8 Å². The Kier molecular flexibility index (Phi) is 7.20. The van der Waals surface area contributed by atoms with Gasteiger partial charge in [0.05, 0.1) is 18.3 Å². The fraction of sp³-hybridized carbons (Fsp3) is 0.783. The van der Waals surface area contributed by atoms with Gasteiger partial charge in [-0.1, -0.05) is 25.2 Å². The zero-order valence-corrected chi connectivity index (χ0v) is 18.0. The quantitative estimate of drug-likeness (QED) is 0.658. The van der Waals surface area contributed by atoms with Crippen LogP contribution in [-0.2, 0) is 19.0 Å². The summed E-state index contributed by atoms with van der Waals surface area (Å²) in [5.41, 5.74) is 0.0220. The van der Waals surface area contributed by atoms with Crippen LogP contribution in [0.1, 0.15) is 52.9 Å². The zero-order chi connectivity index (χ0) is 21.2. The van der Waals surface area contributed by atoms with Crippen molar-refractivity contribution < 1.29 is 29.2 Å². The molecule has 0 aromatic carbocycles. The summed E-state index contributed by atoms with van der Waals surface area (Å²) in [7, 11) is 1.50. The molecule has 0 aromatic heterocycles. The maximum atomic E-state index is 12.7. The average molecular weight is 409 g/mol. The number of carbonyl (C=O) groups is 1. The van der Waals surface area contributed by atoms with Crippen molar-refractivity contribution >= 4 is 5.97 Å². The van der Waals surface area contributed by atoms with Crippen LogP contribution in [0.4, 0.5) is 0 Å². The monoisotopic (exact) mass is 408 g/mol. The summed E-state index contributed by atoms with van der Waals surface area (Å²) in [6.45, 7) is 6.19. The number of ether oxygens (including phenoxy) is 3. The number of hydrogen-bond donors (Lipinski definition) is 2. The van der Waals surface area contributed by atoms with E-state index in [0.29, 0.717) is 31.8 Å². The van der Waals surface area contributed by atoms with Crippen LogP contribution in [0.25, 0.3) is 0 Å². The van der Waals surface area contributed by atoms with Crippen molar-refractivity contribution in [2.45, 2.75) is 82.9 Å². The molecule has 164 valence electrons. The second-order valence-corrected chi connectivity index (χ2v) is 9.28. The van der Waals surface area contributed by atoms with Gasteiger partial charge in [-0.25, -0.2) is 4.79 Å². The highest BCUT2D eigenvalue weighted by atomic mass is 16.6. The van der Waals surface area contributed by atoms with Crippen molar-refractivity contribution in [2.75, 3.05) is 13.7 Å². The first-order chi connectivity index (χ1) is 13.7. The van der Waals surface area contributed by atoms with Gasteiger partial charge >= 0.3 is 5.97 Å². The number of rotatable bonds is 6. The van der Waals surface area contributed by atoms with Gasteiger partial charge in [-0.3, -0.25) is 0 Å². The molecule has 1 heterocycles. The first-order valence-electron chi connectivity index (χ1n) is 10.8. The molecule has 0 bridgehead atoms. The molecule has 0 spiro atoms. The molecule has 7 atom stereocenters. The molecule has 29 heavy (non-hydrogen) atoms. The minimum atomic E-state index is -1.02. The van der Waals surface area contributed by atoms with Gasteiger partial charge in [-0.05, 0) is 56.9 Å². The van der Waals surface area contributed by atoms with Crippen molar-refractivity contribution in [3.63, 3.8) is 0 Å². The molecule has 1 aliphatic heterocycles. The highest BCUT2D eigenvalue weighted by molar-refractivity contribution is 5.78. The maximum Gasteiger partial charge on any atom is 0.338 e. The molecule has 2 aliphatic carbocycles. The van der Waals surface area contributed by atoms with Gasteiger partial charge in [0.2, 0.25) is 0 Å². The number of fused-ring (bicyclic) bond motifs is 1. The minimum Gasteiger partial charge on any atom is -0.459 e. The first-order valence-corrected chi connectivity index (χ1v) is 10.8. The first kappa shape index (κ1) is 22.5. The third kappa shape index (κ3) is 5.29. The van der Waals surface area contributed by atoms with E-state index < -0.39 is 17.7 Å². The lowest BCUT2D eigenvalue weighted by Gasteiger charge is -2.43. The Morgan fingerprint density at radius 2 is 2.03 bits per heavy atom. The number of methoxy groups -OCH3 is 1. The van der Waals surface area contributed by atoms with Gasteiger partial charge in [0, 0.05) is 26.1 Å². The minimum absolute atomic E-state index is 0.0449. The van der Waals surface area contributed by atoms with Gasteiger partial charge < -0.3 is 24.4 Å². The fourth-order valence-corrected chi connectivity index (χ4v) is 4.79. The van der Waals surface area contributed by atoms with Crippen molar-refractivity contribution in [1.82, 2.24) is 0 Å². The summed E-state index contributed by atoms with van der Waals surface area (Å²) in [6.07, 6.45) is 8.51. The van der Waals surface area contributed by atoms with Gasteiger partial charge in [0.15, 0.2) is 5.60 Å². The van der Waals surface area contributed by atoms with Crippen LogP contribution in [0, 0.1) is 17.8 Å². The molecule has 1 fully saturated rings. The van der Waals surface area contributed by atoms with Crippen molar-refractivity contribution in [3.05, 3.63) is 23.8 Å². The maximum absolute atomic E-state index is 12.7. The van der Waals surface area contributed by atoms with E-state index in [0.717, 1.165) is 18.4 Å². The van der Waals surface area contributed by atoms with E-state index in [2.05, 4.69) is 19.1 Å². The Morgan fingerprint density at radius 1 is 1.28 bits per heavy atom. The summed E-state index contributed by atoms with van der Waals surface area (Å²) in [5.74, 6) is 0.254. The number of hydrogen-bond acceptors (Lipinski definition) is 6. The Balaban J connectivity index is 1.75. The van der Waals surface area contributed by atoms with Crippen LogP contribution in [0.2, 0.25) is 0 Å². The summed E-state index contributed by atoms with van der Waals surface area (Å²) in [4.78, 5) is 12.7. The van der Waals surface area contributed by atoms with Gasteiger partial charge in [0.1, 0.15) is 6.10 Å². The van der Waals surface area contributed by atoms with Crippen molar-refractivity contribution in [1.29, 1.82) is 0 Å². The van der Waals surface area contributed by atoms with E-state index in [9.17, 15) is 15.0 Å². The number of esters is 1. The van der Waals surface area contributed by atoms with Crippen LogP contribution in [0.3, 0.4) is 0 Å². The van der Waals surface area contributed by atoms with Crippen LogP contribution in [-0.4, -0.2) is 59.9 Å².